The maximum atomic E-state index is 5.93. The summed E-state index contributed by atoms with van der Waals surface area (Å²) in [7, 11) is 0. The van der Waals surface area contributed by atoms with Crippen LogP contribution < -0.4 is 14.8 Å². The maximum absolute atomic E-state index is 5.93. The Morgan fingerprint density at radius 2 is 1.89 bits per heavy atom. The number of ether oxygens (including phenoxy) is 2. The Labute approximate surface area is 228 Å². The molecule has 1 N–H and O–H groups in total. The molecule has 0 amide bonds. The van der Waals surface area contributed by atoms with Crippen molar-refractivity contribution in [2.45, 2.75) is 45.6 Å². The van der Waals surface area contributed by atoms with Crippen LogP contribution in [0, 0.1) is 16.4 Å². The van der Waals surface area contributed by atoms with E-state index in [4.69, 9.17) is 14.5 Å². The Morgan fingerprint density at radius 3 is 2.67 bits per heavy atom. The molecule has 0 fully saturated rings. The fraction of sp³-hybridized carbons (Fsp3) is 0.323. The third kappa shape index (κ3) is 5.17. The number of hydrogen-bond acceptors (Lipinski definition) is 4. The molecule has 3 aromatic rings. The van der Waals surface area contributed by atoms with E-state index in [0.717, 1.165) is 39.2 Å². The van der Waals surface area contributed by atoms with Gasteiger partial charge in [-0.2, -0.15) is 0 Å². The fourth-order valence-electron chi connectivity index (χ4n) is 5.23. The highest BCUT2D eigenvalue weighted by Gasteiger charge is 2.37. The zero-order valence-electron chi connectivity index (χ0n) is 21.1. The second-order valence-electron chi connectivity index (χ2n) is 9.53. The molecule has 36 heavy (non-hydrogen) atoms. The van der Waals surface area contributed by atoms with Crippen LogP contribution in [0.25, 0.3) is 0 Å². The Hall–Kier alpha value is -2.80. The summed E-state index contributed by atoms with van der Waals surface area (Å²) in [5.41, 5.74) is 7.25. The summed E-state index contributed by atoms with van der Waals surface area (Å²) in [5, 5.41) is 3.83. The summed E-state index contributed by atoms with van der Waals surface area (Å²) in [5.74, 6) is 2.61. The summed E-state index contributed by atoms with van der Waals surface area (Å²) in [6.07, 6.45) is 8.70. The predicted octanol–water partition coefficient (Wildman–Crippen LogP) is 8.36. The lowest BCUT2D eigenvalue weighted by atomic mass is 9.76. The zero-order chi connectivity index (χ0) is 25.1. The minimum absolute atomic E-state index is 0.296. The molecule has 186 valence electrons. The van der Waals surface area contributed by atoms with E-state index < -0.39 is 0 Å². The number of hydrogen-bond donors (Lipinski definition) is 1. The zero-order valence-corrected chi connectivity index (χ0v) is 23.3. The molecule has 0 spiro atoms. The average molecular weight is 593 g/mol. The van der Waals surface area contributed by atoms with E-state index in [9.17, 15) is 0 Å². The van der Waals surface area contributed by atoms with Gasteiger partial charge >= 0.3 is 0 Å². The Bertz CT molecular complexity index is 1280. The lowest BCUT2D eigenvalue weighted by Crippen LogP contribution is -2.29. The number of aryl methyl sites for hydroxylation is 1. The number of nitrogens with one attached hydrogen (secondary N) is 1. The molecule has 2 aliphatic rings. The van der Waals surface area contributed by atoms with Crippen LogP contribution in [0.1, 0.15) is 60.9 Å². The number of benzene rings is 3. The van der Waals surface area contributed by atoms with E-state index in [1.807, 2.05) is 19.2 Å². The normalized spacial score (nSPS) is 20.2. The van der Waals surface area contributed by atoms with Crippen LogP contribution in [-0.4, -0.2) is 19.4 Å². The van der Waals surface area contributed by atoms with Crippen LogP contribution >= 0.6 is 22.6 Å². The van der Waals surface area contributed by atoms with Crippen LogP contribution in [0.15, 0.2) is 71.7 Å². The van der Waals surface area contributed by atoms with Gasteiger partial charge in [0.2, 0.25) is 0 Å². The van der Waals surface area contributed by atoms with Crippen LogP contribution in [0.4, 0.5) is 11.4 Å². The van der Waals surface area contributed by atoms with Crippen LogP contribution in [0.3, 0.4) is 0 Å². The number of allylic oxidation sites excluding steroid dienone is 2. The van der Waals surface area contributed by atoms with Gasteiger partial charge in [0.15, 0.2) is 11.5 Å². The first-order chi connectivity index (χ1) is 17.6. The average Bonchev–Trinajstić information content (AvgIpc) is 3.38. The first-order valence-corrected chi connectivity index (χ1v) is 13.9. The minimum Gasteiger partial charge on any atom is -0.490 e. The van der Waals surface area contributed by atoms with Gasteiger partial charge in [-0.15, -0.1) is 0 Å². The van der Waals surface area contributed by atoms with E-state index in [1.54, 1.807) is 0 Å². The van der Waals surface area contributed by atoms with E-state index in [-0.39, 0.29) is 0 Å². The highest BCUT2D eigenvalue weighted by Crippen LogP contribution is 2.50. The van der Waals surface area contributed by atoms with Gasteiger partial charge in [-0.25, -0.2) is 0 Å². The summed E-state index contributed by atoms with van der Waals surface area (Å²) in [6.45, 7) is 7.54. The molecule has 1 heterocycles. The van der Waals surface area contributed by atoms with Crippen molar-refractivity contribution in [1.29, 1.82) is 0 Å². The molecule has 1 aliphatic heterocycles. The van der Waals surface area contributed by atoms with Crippen LogP contribution in [-0.2, 0) is 0 Å². The minimum atomic E-state index is 0.296. The third-order valence-corrected chi connectivity index (χ3v) is 7.72. The monoisotopic (exact) mass is 592 g/mol. The first kappa shape index (κ1) is 24.9. The van der Waals surface area contributed by atoms with Gasteiger partial charge in [-0.1, -0.05) is 48.9 Å². The number of rotatable bonds is 8. The van der Waals surface area contributed by atoms with Crippen molar-refractivity contribution in [3.05, 3.63) is 92.6 Å². The Morgan fingerprint density at radius 1 is 1.06 bits per heavy atom. The largest absolute Gasteiger partial charge is 0.490 e. The lowest BCUT2D eigenvalue weighted by Gasteiger charge is -2.37. The molecule has 0 saturated heterocycles. The van der Waals surface area contributed by atoms with E-state index >= 15 is 0 Å². The van der Waals surface area contributed by atoms with Crippen LogP contribution in [0.5, 0.6) is 11.5 Å². The second-order valence-corrected chi connectivity index (χ2v) is 10.7. The van der Waals surface area contributed by atoms with Gasteiger partial charge in [-0.3, -0.25) is 4.99 Å². The van der Waals surface area contributed by atoms with Gasteiger partial charge in [0, 0.05) is 17.8 Å². The van der Waals surface area contributed by atoms with Gasteiger partial charge in [0.05, 0.1) is 28.5 Å². The van der Waals surface area contributed by atoms with E-state index in [1.165, 1.54) is 22.4 Å². The van der Waals surface area contributed by atoms with E-state index in [0.29, 0.717) is 31.1 Å². The second kappa shape index (κ2) is 11.1. The van der Waals surface area contributed by atoms with Gasteiger partial charge in [-0.05, 0) is 102 Å². The van der Waals surface area contributed by atoms with Crippen molar-refractivity contribution in [1.82, 2.24) is 0 Å². The molecule has 3 atom stereocenters. The van der Waals surface area contributed by atoms with Gasteiger partial charge in [0.25, 0.3) is 0 Å². The van der Waals surface area contributed by atoms with Crippen molar-refractivity contribution in [3.63, 3.8) is 0 Å². The van der Waals surface area contributed by atoms with Crippen molar-refractivity contribution in [3.8, 4) is 11.5 Å². The maximum Gasteiger partial charge on any atom is 0.174 e. The number of halogens is 1. The molecule has 0 aromatic heterocycles. The Kier molecular flexibility index (Phi) is 7.65. The number of anilines is 1. The van der Waals surface area contributed by atoms with Crippen molar-refractivity contribution < 1.29 is 9.47 Å². The number of nitrogens with zero attached hydrogens (tertiary/aromatic N) is 1. The molecule has 4 nitrogen and oxygen atoms in total. The van der Waals surface area contributed by atoms with Crippen molar-refractivity contribution in [2.24, 2.45) is 10.9 Å². The summed E-state index contributed by atoms with van der Waals surface area (Å²) in [4.78, 5) is 4.75. The molecule has 1 aliphatic carbocycles. The highest BCUT2D eigenvalue weighted by atomic mass is 127. The predicted molar refractivity (Wildman–Crippen MR) is 157 cm³/mol. The quantitative estimate of drug-likeness (QED) is 0.162. The van der Waals surface area contributed by atoms with Crippen molar-refractivity contribution >= 4 is 40.2 Å². The van der Waals surface area contributed by atoms with Gasteiger partial charge in [0.1, 0.15) is 0 Å². The highest BCUT2D eigenvalue weighted by molar-refractivity contribution is 14.1. The summed E-state index contributed by atoms with van der Waals surface area (Å²) < 4.78 is 12.8. The molecule has 5 heteroatoms. The van der Waals surface area contributed by atoms with Gasteiger partial charge < -0.3 is 14.8 Å². The molecule has 0 radical (unpaired) electrons. The summed E-state index contributed by atoms with van der Waals surface area (Å²) >= 11 is 2.31. The molecular weight excluding hydrogens is 559 g/mol. The number of aliphatic imine (C=N–C) groups is 1. The molecule has 0 unspecified atom stereocenters. The number of fused-ring (bicyclic) bond motifs is 3. The van der Waals surface area contributed by atoms with E-state index in [2.05, 4.69) is 102 Å². The molecule has 3 aromatic carbocycles. The third-order valence-electron chi connectivity index (χ3n) is 6.92. The Balaban J connectivity index is 1.34. The smallest absolute Gasteiger partial charge is 0.174 e. The molecular formula is C31H33IN2O2. The standard InChI is InChI=1S/C31H33IN2O2/c1-4-15-36-31-27(32)17-21(18-29(31)35-5-2)19-33-23-12-10-22(11-13-23)30-25-8-6-7-24(25)26-16-20(3)9-14-28(26)34-30/h6-7,9-14,16-19,24-25,30,34H,4-5,8,15H2,1-3H3/t24-,25-,30-/m0/s1. The molecule has 0 saturated carbocycles. The lowest BCUT2D eigenvalue weighted by molar-refractivity contribution is 0.275. The first-order valence-electron chi connectivity index (χ1n) is 12.8. The molecule has 5 rings (SSSR count). The fourth-order valence-corrected chi connectivity index (χ4v) is 6.01. The van der Waals surface area contributed by atoms with Crippen molar-refractivity contribution in [2.75, 3.05) is 18.5 Å². The summed E-state index contributed by atoms with van der Waals surface area (Å²) in [6, 6.07) is 19.8. The SMILES string of the molecule is CCCOc1c(I)cc(C=Nc2ccc([C@@H]3Nc4ccc(C)cc4[C@H]4C=CC[C@@H]43)cc2)cc1OCC. The topological polar surface area (TPSA) is 42.8 Å². The molecule has 0 bridgehead atoms. The van der Waals surface area contributed by atoms with Crippen LogP contribution in [0.2, 0.25) is 0 Å².